The van der Waals surface area contributed by atoms with E-state index in [0.717, 1.165) is 6.08 Å². The molecule has 3 heterocycles. The van der Waals surface area contributed by atoms with E-state index in [1.807, 2.05) is 6.92 Å². The molecule has 1 aromatic rings. The fourth-order valence-corrected chi connectivity index (χ4v) is 7.04. The van der Waals surface area contributed by atoms with E-state index in [9.17, 15) is 29.1 Å². The summed E-state index contributed by atoms with van der Waals surface area (Å²) >= 11 is 0. The predicted molar refractivity (Wildman–Crippen MR) is 200 cm³/mol. The number of allylic oxidation sites excluding steroid dienone is 4. The molecule has 292 valence electrons. The largest absolute Gasteiger partial charge is 0.439 e. The molecule has 5 N–H and O–H groups in total. The minimum atomic E-state index is -1.01. The summed E-state index contributed by atoms with van der Waals surface area (Å²) in [5.41, 5.74) is 7.00. The van der Waals surface area contributed by atoms with Gasteiger partial charge in [0.1, 0.15) is 6.10 Å². The van der Waals surface area contributed by atoms with Gasteiger partial charge in [0, 0.05) is 69.4 Å². The summed E-state index contributed by atoms with van der Waals surface area (Å²) in [5.74, 6) is -2.17. The van der Waals surface area contributed by atoms with Crippen molar-refractivity contribution in [2.45, 2.75) is 77.8 Å². The average Bonchev–Trinajstić information content (AvgIpc) is 3.15. The van der Waals surface area contributed by atoms with Crippen LogP contribution < -0.4 is 16.4 Å². The van der Waals surface area contributed by atoms with Crippen LogP contribution in [0.4, 0.5) is 4.79 Å². The van der Waals surface area contributed by atoms with Crippen LogP contribution in [0.2, 0.25) is 0 Å². The van der Waals surface area contributed by atoms with Gasteiger partial charge < -0.3 is 40.6 Å². The van der Waals surface area contributed by atoms with Gasteiger partial charge in [-0.3, -0.25) is 24.2 Å². The smallest absolute Gasteiger partial charge is 0.405 e. The second-order valence-corrected chi connectivity index (χ2v) is 14.3. The molecular formula is C40H53N5O9. The van der Waals surface area contributed by atoms with Crippen molar-refractivity contribution in [3.63, 3.8) is 0 Å². The highest BCUT2D eigenvalue weighted by Gasteiger charge is 2.34. The fourth-order valence-electron chi connectivity index (χ4n) is 7.04. The van der Waals surface area contributed by atoms with Crippen LogP contribution >= 0.6 is 0 Å². The third-order valence-corrected chi connectivity index (χ3v) is 10.2. The number of carbonyl (C=O) groups excluding carboxylic acids is 5. The molecule has 0 spiro atoms. The highest BCUT2D eigenvalue weighted by atomic mass is 16.6. The van der Waals surface area contributed by atoms with Crippen molar-refractivity contribution >= 4 is 29.5 Å². The van der Waals surface area contributed by atoms with E-state index in [0.29, 0.717) is 50.0 Å². The number of piperidine rings is 1. The molecule has 0 aromatic carbocycles. The molecule has 14 heteroatoms. The molecule has 14 nitrogen and oxygen atoms in total. The summed E-state index contributed by atoms with van der Waals surface area (Å²) in [5, 5.41) is 17.3. The van der Waals surface area contributed by atoms with E-state index < -0.39 is 53.9 Å². The Balaban J connectivity index is 1.60. The van der Waals surface area contributed by atoms with E-state index in [4.69, 9.17) is 19.9 Å². The number of nitrogens with two attached hydrogens (primary N) is 1. The number of pyridine rings is 1. The standard InChI is InChI=1S/C40H53N5O9/c1-23-17-29-34(43-21-27-12-15-45(16-13-27)39(50)28-10-8-14-42-22-28)31(46)20-30(36(29)48)44-38(49)24(2)9-7-11-32(52-5)37(54-40(41)51)26(4)19-25(3)35(47)33(18-23)53-6/h7-11,14,19-20,22-23,25,27,32-33,35,37,43,47H,12-13,15-18,21H2,1-6H3,(H2,41,51)(H,44,49)/b11-7-,24-9+,26-19+/t23-,25+,32+,33+,35-,37+/m1/s1. The number of carbonyl (C=O) groups is 5. The first-order valence-corrected chi connectivity index (χ1v) is 18.2. The maximum atomic E-state index is 14.1. The molecule has 0 unspecified atom stereocenters. The number of ketones is 2. The Morgan fingerprint density at radius 2 is 1.83 bits per heavy atom. The van der Waals surface area contributed by atoms with Crippen LogP contribution in [0, 0.1) is 17.8 Å². The van der Waals surface area contributed by atoms with Gasteiger partial charge in [0.2, 0.25) is 11.6 Å². The van der Waals surface area contributed by atoms with Gasteiger partial charge >= 0.3 is 6.09 Å². The maximum Gasteiger partial charge on any atom is 0.405 e. The lowest BCUT2D eigenvalue weighted by Gasteiger charge is -2.33. The first-order chi connectivity index (χ1) is 25.7. The Bertz CT molecular complexity index is 1710. The van der Waals surface area contributed by atoms with Gasteiger partial charge in [0.15, 0.2) is 6.10 Å². The Morgan fingerprint density at radius 3 is 2.46 bits per heavy atom. The Kier molecular flexibility index (Phi) is 15.0. The molecule has 1 aromatic heterocycles. The highest BCUT2D eigenvalue weighted by molar-refractivity contribution is 6.23. The molecular weight excluding hydrogens is 694 g/mol. The lowest BCUT2D eigenvalue weighted by molar-refractivity contribution is -0.120. The number of rotatable bonds is 7. The number of hydrogen-bond donors (Lipinski definition) is 4. The van der Waals surface area contributed by atoms with Gasteiger partial charge in [0.05, 0.1) is 29.2 Å². The van der Waals surface area contributed by atoms with Crippen molar-refractivity contribution in [3.8, 4) is 0 Å². The van der Waals surface area contributed by atoms with E-state index in [1.165, 1.54) is 20.3 Å². The zero-order valence-corrected chi connectivity index (χ0v) is 31.9. The maximum absolute atomic E-state index is 14.1. The Morgan fingerprint density at radius 1 is 1.11 bits per heavy atom. The van der Waals surface area contributed by atoms with E-state index in [-0.39, 0.29) is 46.7 Å². The average molecular weight is 748 g/mol. The van der Waals surface area contributed by atoms with Crippen molar-refractivity contribution in [2.24, 2.45) is 23.5 Å². The first kappa shape index (κ1) is 41.8. The zero-order chi connectivity index (χ0) is 39.5. The highest BCUT2D eigenvalue weighted by Crippen LogP contribution is 2.29. The molecule has 1 saturated heterocycles. The van der Waals surface area contributed by atoms with E-state index in [2.05, 4.69) is 15.6 Å². The third-order valence-electron chi connectivity index (χ3n) is 10.2. The van der Waals surface area contributed by atoms with E-state index >= 15 is 0 Å². The van der Waals surface area contributed by atoms with Gasteiger partial charge in [0.25, 0.3) is 11.8 Å². The van der Waals surface area contributed by atoms with Crippen LogP contribution in [0.5, 0.6) is 0 Å². The third kappa shape index (κ3) is 10.8. The lowest BCUT2D eigenvalue weighted by Crippen LogP contribution is -2.42. The minimum absolute atomic E-state index is 0.0735. The van der Waals surface area contributed by atoms with Gasteiger partial charge in [-0.15, -0.1) is 0 Å². The van der Waals surface area contributed by atoms with Gasteiger partial charge in [-0.2, -0.15) is 0 Å². The van der Waals surface area contributed by atoms with Crippen molar-refractivity contribution in [3.05, 3.63) is 88.6 Å². The number of aliphatic hydroxyl groups is 1. The number of primary amides is 1. The molecule has 54 heavy (non-hydrogen) atoms. The number of nitrogens with one attached hydrogen (secondary N) is 2. The molecule has 3 amide bonds. The van der Waals surface area contributed by atoms with Crippen LogP contribution in [0.1, 0.15) is 63.7 Å². The molecule has 2 aliphatic heterocycles. The van der Waals surface area contributed by atoms with Crippen LogP contribution in [-0.4, -0.2) is 103 Å². The number of aromatic nitrogens is 1. The van der Waals surface area contributed by atoms with Crippen molar-refractivity contribution in [1.82, 2.24) is 20.5 Å². The minimum Gasteiger partial charge on any atom is -0.439 e. The summed E-state index contributed by atoms with van der Waals surface area (Å²) in [4.78, 5) is 71.6. The molecule has 0 radical (unpaired) electrons. The van der Waals surface area contributed by atoms with Gasteiger partial charge in [-0.1, -0.05) is 38.2 Å². The van der Waals surface area contributed by atoms with Gasteiger partial charge in [-0.25, -0.2) is 4.79 Å². The number of likely N-dealkylation sites (tertiary alicyclic amines) is 1. The normalized spacial score (nSPS) is 29.3. The van der Waals surface area contributed by atoms with E-state index in [1.54, 1.807) is 68.4 Å². The number of nitrogens with zero attached hydrogens (tertiary/aromatic N) is 2. The van der Waals surface area contributed by atoms with Crippen molar-refractivity contribution in [1.29, 1.82) is 0 Å². The molecule has 4 rings (SSSR count). The Labute approximate surface area is 316 Å². The molecule has 1 fully saturated rings. The zero-order valence-electron chi connectivity index (χ0n) is 31.9. The number of ether oxygens (including phenoxy) is 3. The number of Topliss-reactive ketones (excluding diaryl/α,β-unsaturated/α-hetero) is 1. The molecule has 2 bridgehead atoms. The number of aliphatic hydroxyl groups excluding tert-OH is 1. The second-order valence-electron chi connectivity index (χ2n) is 14.3. The van der Waals surface area contributed by atoms with Crippen LogP contribution in [0.25, 0.3) is 0 Å². The van der Waals surface area contributed by atoms with Crippen LogP contribution in [0.3, 0.4) is 0 Å². The van der Waals surface area contributed by atoms with Crippen molar-refractivity contribution < 1.29 is 43.3 Å². The number of amides is 3. The number of hydrogen-bond acceptors (Lipinski definition) is 11. The fraction of sp³-hybridized carbons (Fsp3) is 0.500. The summed E-state index contributed by atoms with van der Waals surface area (Å²) in [6.07, 6.45) is 8.23. The molecule has 0 saturated carbocycles. The quantitative estimate of drug-likeness (QED) is 0.236. The van der Waals surface area contributed by atoms with Crippen LogP contribution in [0.15, 0.2) is 83.0 Å². The SMILES string of the molecule is CO[C@H]1/C=C\C=C(/C)C(=O)NC2=CC(=O)C(NCC3CCN(C(=O)c4cccnc4)CC3)=C(C[C@@H](C)C[C@H](OC)[C@H](O)[C@@H](C)/C=C(\C)[C@@H]1OC(N)=O)C2=O. The summed E-state index contributed by atoms with van der Waals surface area (Å²) in [7, 11) is 2.93. The molecule has 6 atom stereocenters. The monoisotopic (exact) mass is 747 g/mol. The summed E-state index contributed by atoms with van der Waals surface area (Å²) in [6.45, 7) is 8.51. The second kappa shape index (κ2) is 19.4. The lowest BCUT2D eigenvalue weighted by atomic mass is 9.85. The van der Waals surface area contributed by atoms with Gasteiger partial charge in [-0.05, 0) is 69.1 Å². The first-order valence-electron chi connectivity index (χ1n) is 18.2. The number of methoxy groups -OCH3 is 2. The number of fused-ring (bicyclic) bond motifs is 2. The topological polar surface area (TPSA) is 199 Å². The molecule has 3 aliphatic rings. The predicted octanol–water partition coefficient (Wildman–Crippen LogP) is 3.30. The molecule has 1 aliphatic carbocycles. The summed E-state index contributed by atoms with van der Waals surface area (Å²) in [6, 6.07) is 3.47. The van der Waals surface area contributed by atoms with Crippen molar-refractivity contribution in [2.75, 3.05) is 33.9 Å². The Hall–Kier alpha value is -4.92. The van der Waals surface area contributed by atoms with Crippen LogP contribution in [-0.2, 0) is 28.6 Å². The summed E-state index contributed by atoms with van der Waals surface area (Å²) < 4.78 is 16.8.